The van der Waals surface area contributed by atoms with Crippen molar-refractivity contribution in [1.29, 1.82) is 0 Å². The maximum atomic E-state index is 13.5. The van der Waals surface area contributed by atoms with Crippen molar-refractivity contribution < 1.29 is 33.4 Å². The van der Waals surface area contributed by atoms with Crippen LogP contribution >= 0.6 is 11.6 Å². The molecule has 2 amide bonds. The number of nitrogens with zero attached hydrogens (tertiary/aromatic N) is 3. The summed E-state index contributed by atoms with van der Waals surface area (Å²) in [6, 6.07) is 14.7. The summed E-state index contributed by atoms with van der Waals surface area (Å²) in [6.07, 6.45) is 2.31. The maximum Gasteiger partial charge on any atom is 0.341 e. The number of nitrogens with one attached hydrogen (secondary N) is 1. The molecule has 0 fully saturated rings. The molecule has 11 nitrogen and oxygen atoms in total. The Morgan fingerprint density at radius 2 is 1.73 bits per heavy atom. The molecule has 4 rings (SSSR count). The second-order valence-electron chi connectivity index (χ2n) is 13.8. The van der Waals surface area contributed by atoms with Gasteiger partial charge in [-0.05, 0) is 54.7 Å². The fourth-order valence-electron chi connectivity index (χ4n) is 4.74. The molecule has 2 N–H and O–H groups in total. The van der Waals surface area contributed by atoms with Crippen LogP contribution in [0.3, 0.4) is 0 Å². The van der Waals surface area contributed by atoms with E-state index in [-0.39, 0.29) is 42.4 Å². The van der Waals surface area contributed by atoms with Crippen molar-refractivity contribution in [2.75, 3.05) is 18.5 Å². The van der Waals surface area contributed by atoms with Crippen LogP contribution in [0, 0.1) is 5.92 Å². The molecule has 0 radical (unpaired) electrons. The first-order valence-corrected chi connectivity index (χ1v) is 19.2. The van der Waals surface area contributed by atoms with Gasteiger partial charge in [0.15, 0.2) is 5.82 Å². The summed E-state index contributed by atoms with van der Waals surface area (Å²) in [7, 11) is -2.21. The van der Waals surface area contributed by atoms with Crippen molar-refractivity contribution in [2.24, 2.45) is 5.92 Å². The third-order valence-electron chi connectivity index (χ3n) is 8.32. The van der Waals surface area contributed by atoms with Crippen molar-refractivity contribution in [1.82, 2.24) is 14.7 Å². The van der Waals surface area contributed by atoms with Crippen LogP contribution in [-0.2, 0) is 20.9 Å². The minimum absolute atomic E-state index is 0.0119. The molecule has 0 aliphatic carbocycles. The number of benzene rings is 2. The van der Waals surface area contributed by atoms with E-state index in [1.54, 1.807) is 60.8 Å². The lowest BCUT2D eigenvalue weighted by atomic mass is 10.0. The number of aliphatic hydroxyl groups excluding tert-OH is 1. The Balaban J connectivity index is 1.33. The summed E-state index contributed by atoms with van der Waals surface area (Å²) >= 11 is 6.21. The highest BCUT2D eigenvalue weighted by Crippen LogP contribution is 2.38. The number of hydrogen-bond acceptors (Lipinski definition) is 8. The van der Waals surface area contributed by atoms with E-state index in [0.29, 0.717) is 34.3 Å². The molecule has 2 heterocycles. The van der Waals surface area contributed by atoms with E-state index in [9.17, 15) is 19.5 Å². The SMILES string of the molecule is CC(C)CC(C(=O)Nc1ccn(CC(O)COC(=O)c2ccccc2O[Si](C)(C)C(C)(C)C)n1)N1CC(Oc2ccccc2Cl)=CC1=O. The molecule has 0 bridgehead atoms. The summed E-state index contributed by atoms with van der Waals surface area (Å²) in [4.78, 5) is 40.8. The van der Waals surface area contributed by atoms with Gasteiger partial charge in [0.2, 0.25) is 5.91 Å². The maximum absolute atomic E-state index is 13.5. The van der Waals surface area contributed by atoms with Crippen LogP contribution < -0.4 is 14.5 Å². The van der Waals surface area contributed by atoms with Crippen LogP contribution in [0.4, 0.5) is 5.82 Å². The monoisotopic (exact) mass is 696 g/mol. The zero-order valence-corrected chi connectivity index (χ0v) is 30.3. The van der Waals surface area contributed by atoms with Crippen LogP contribution in [0.15, 0.2) is 72.6 Å². The minimum atomic E-state index is -2.21. The number of amides is 2. The molecule has 258 valence electrons. The standard InChI is InChI=1S/C35H45ClN4O7Si/c1-23(2)18-28(40-21-25(19-32(40)42)46-30-15-11-9-13-27(30)36)33(43)37-31-16-17-39(38-31)20-24(41)22-45-34(44)26-12-8-10-14-29(26)47-48(6,7)35(3,4)5/h8-17,19,23-24,28,41H,18,20-22H2,1-7H3,(H,37,38,43). The Labute approximate surface area is 287 Å². The highest BCUT2D eigenvalue weighted by molar-refractivity contribution is 6.74. The molecule has 2 aromatic carbocycles. The number of anilines is 1. The summed E-state index contributed by atoms with van der Waals surface area (Å²) < 4.78 is 19.1. The second kappa shape index (κ2) is 15.4. The van der Waals surface area contributed by atoms with Crippen molar-refractivity contribution in [3.05, 3.63) is 83.2 Å². The van der Waals surface area contributed by atoms with E-state index in [2.05, 4.69) is 44.3 Å². The van der Waals surface area contributed by atoms with Gasteiger partial charge in [-0.3, -0.25) is 14.3 Å². The predicted octanol–water partition coefficient (Wildman–Crippen LogP) is 6.30. The van der Waals surface area contributed by atoms with Gasteiger partial charge in [0.05, 0.1) is 18.1 Å². The normalized spacial score (nSPS) is 14.8. The molecule has 2 atom stereocenters. The molecule has 2 unspecified atom stereocenters. The number of ether oxygens (including phenoxy) is 2. The van der Waals surface area contributed by atoms with Gasteiger partial charge in [0, 0.05) is 18.3 Å². The van der Waals surface area contributed by atoms with Gasteiger partial charge in [0.1, 0.15) is 41.6 Å². The fourth-order valence-corrected chi connectivity index (χ4v) is 5.95. The Bertz CT molecular complexity index is 1650. The van der Waals surface area contributed by atoms with Gasteiger partial charge in [-0.2, -0.15) is 5.10 Å². The lowest BCUT2D eigenvalue weighted by molar-refractivity contribution is -0.133. The van der Waals surface area contributed by atoms with Gasteiger partial charge in [-0.15, -0.1) is 0 Å². The molecule has 3 aromatic rings. The lowest BCUT2D eigenvalue weighted by Gasteiger charge is -2.36. The number of carbonyl (C=O) groups excluding carboxylic acids is 3. The third-order valence-corrected chi connectivity index (χ3v) is 13.0. The van der Waals surface area contributed by atoms with Crippen LogP contribution in [0.5, 0.6) is 11.5 Å². The Morgan fingerprint density at radius 3 is 2.40 bits per heavy atom. The number of aliphatic hydroxyl groups is 1. The molecule has 13 heteroatoms. The van der Waals surface area contributed by atoms with Crippen LogP contribution in [0.2, 0.25) is 23.2 Å². The Kier molecular flexibility index (Phi) is 11.8. The highest BCUT2D eigenvalue weighted by Gasteiger charge is 2.40. The summed E-state index contributed by atoms with van der Waals surface area (Å²) in [5.74, 6) is 0.304. The zero-order chi connectivity index (χ0) is 35.2. The van der Waals surface area contributed by atoms with Crippen LogP contribution in [-0.4, -0.2) is 71.2 Å². The molecule has 0 saturated carbocycles. The third kappa shape index (κ3) is 9.48. The lowest BCUT2D eigenvalue weighted by Crippen LogP contribution is -2.46. The Hall–Kier alpha value is -4.13. The van der Waals surface area contributed by atoms with Crippen molar-refractivity contribution in [3.8, 4) is 11.5 Å². The van der Waals surface area contributed by atoms with Crippen molar-refractivity contribution in [3.63, 3.8) is 0 Å². The quantitative estimate of drug-likeness (QED) is 0.148. The average molecular weight is 697 g/mol. The molecule has 1 aliphatic heterocycles. The van der Waals surface area contributed by atoms with E-state index >= 15 is 0 Å². The van der Waals surface area contributed by atoms with E-state index in [0.717, 1.165) is 0 Å². The van der Waals surface area contributed by atoms with E-state index in [1.807, 2.05) is 13.8 Å². The largest absolute Gasteiger partial charge is 0.543 e. The minimum Gasteiger partial charge on any atom is -0.543 e. The molecule has 1 aromatic heterocycles. The van der Waals surface area contributed by atoms with Crippen LogP contribution in [0.1, 0.15) is 51.4 Å². The Morgan fingerprint density at radius 1 is 1.06 bits per heavy atom. The predicted molar refractivity (Wildman–Crippen MR) is 187 cm³/mol. The molecular formula is C35H45ClN4O7Si. The van der Waals surface area contributed by atoms with Gasteiger partial charge in [-0.25, -0.2) is 4.79 Å². The number of para-hydroxylation sites is 2. The van der Waals surface area contributed by atoms with Gasteiger partial charge < -0.3 is 29.2 Å². The van der Waals surface area contributed by atoms with E-state index < -0.39 is 32.3 Å². The number of carbonyl (C=O) groups is 3. The van der Waals surface area contributed by atoms with Crippen LogP contribution in [0.25, 0.3) is 0 Å². The molecular weight excluding hydrogens is 652 g/mol. The molecule has 48 heavy (non-hydrogen) atoms. The summed E-state index contributed by atoms with van der Waals surface area (Å²) in [6.45, 7) is 14.3. The van der Waals surface area contributed by atoms with Crippen molar-refractivity contribution in [2.45, 2.75) is 77.9 Å². The smallest absolute Gasteiger partial charge is 0.341 e. The van der Waals surface area contributed by atoms with Crippen molar-refractivity contribution >= 4 is 43.5 Å². The number of hydrogen-bond donors (Lipinski definition) is 2. The number of aromatic nitrogens is 2. The fraction of sp³-hybridized carbons (Fsp3) is 0.429. The summed E-state index contributed by atoms with van der Waals surface area (Å²) in [5.41, 5.74) is 0.295. The summed E-state index contributed by atoms with van der Waals surface area (Å²) in [5, 5.41) is 18.1. The van der Waals surface area contributed by atoms with E-state index in [1.165, 1.54) is 15.7 Å². The number of halogens is 1. The number of esters is 1. The number of rotatable bonds is 14. The first-order chi connectivity index (χ1) is 22.5. The second-order valence-corrected chi connectivity index (χ2v) is 18.9. The first-order valence-electron chi connectivity index (χ1n) is 15.9. The van der Waals surface area contributed by atoms with E-state index in [4.69, 9.17) is 25.5 Å². The molecule has 0 saturated heterocycles. The van der Waals surface area contributed by atoms with Gasteiger partial charge in [0.25, 0.3) is 14.2 Å². The highest BCUT2D eigenvalue weighted by atomic mass is 35.5. The first kappa shape index (κ1) is 36.7. The average Bonchev–Trinajstić information content (AvgIpc) is 3.60. The van der Waals surface area contributed by atoms with Gasteiger partial charge in [-0.1, -0.05) is 70.5 Å². The van der Waals surface area contributed by atoms with Gasteiger partial charge >= 0.3 is 5.97 Å². The molecule has 1 aliphatic rings. The molecule has 0 spiro atoms. The topological polar surface area (TPSA) is 132 Å². The zero-order valence-electron chi connectivity index (χ0n) is 28.5.